The van der Waals surface area contributed by atoms with Gasteiger partial charge in [0.05, 0.1) is 6.61 Å². The Bertz CT molecular complexity index is 686. The molecule has 0 spiro atoms. The van der Waals surface area contributed by atoms with Gasteiger partial charge in [-0.25, -0.2) is 0 Å². The minimum Gasteiger partial charge on any atom is -0.494 e. The molecule has 1 aromatic rings. The Morgan fingerprint density at radius 2 is 1.78 bits per heavy atom. The van der Waals surface area contributed by atoms with E-state index in [1.165, 1.54) is 24.8 Å². The molecule has 0 atom stereocenters. The Hall–Kier alpha value is -1.06. The van der Waals surface area contributed by atoms with Crippen LogP contribution in [0.25, 0.3) is 0 Å². The van der Waals surface area contributed by atoms with Crippen molar-refractivity contribution in [3.8, 4) is 5.75 Å². The molecule has 2 aliphatic rings. The molecule has 0 unspecified atom stereocenters. The van der Waals surface area contributed by atoms with Gasteiger partial charge in [-0.15, -0.1) is 24.0 Å². The molecule has 1 aromatic carbocycles. The number of aliphatic imine (C=N–C) groups is 1. The Labute approximate surface area is 211 Å². The van der Waals surface area contributed by atoms with E-state index in [2.05, 4.69) is 41.8 Å². The van der Waals surface area contributed by atoms with Crippen molar-refractivity contribution in [1.29, 1.82) is 0 Å². The topological polar surface area (TPSA) is 64.1 Å². The molecule has 182 valence electrons. The predicted molar refractivity (Wildman–Crippen MR) is 142 cm³/mol. The summed E-state index contributed by atoms with van der Waals surface area (Å²) in [6.45, 7) is 9.81. The van der Waals surface area contributed by atoms with E-state index in [-0.39, 0.29) is 29.4 Å². The number of guanidine groups is 1. The third-order valence-electron chi connectivity index (χ3n) is 6.99. The number of rotatable bonds is 11. The number of nitrogens with one attached hydrogen (secondary N) is 2. The van der Waals surface area contributed by atoms with Gasteiger partial charge in [0, 0.05) is 52.0 Å². The molecule has 1 heterocycles. The van der Waals surface area contributed by atoms with Crippen molar-refractivity contribution in [2.75, 3.05) is 53.2 Å². The van der Waals surface area contributed by atoms with Gasteiger partial charge in [0.25, 0.3) is 0 Å². The van der Waals surface area contributed by atoms with Crippen molar-refractivity contribution >= 4 is 29.9 Å². The summed E-state index contributed by atoms with van der Waals surface area (Å²) in [6.07, 6.45) is 6.93. The van der Waals surface area contributed by atoms with Gasteiger partial charge in [-0.3, -0.25) is 4.99 Å². The van der Waals surface area contributed by atoms with Crippen LogP contribution in [0, 0.1) is 5.41 Å². The second-order valence-electron chi connectivity index (χ2n) is 9.00. The summed E-state index contributed by atoms with van der Waals surface area (Å²) >= 11 is 0. The summed E-state index contributed by atoms with van der Waals surface area (Å²) in [4.78, 5) is 5.00. The highest BCUT2D eigenvalue weighted by Crippen LogP contribution is 2.44. The summed E-state index contributed by atoms with van der Waals surface area (Å²) in [5.74, 6) is 1.85. The van der Waals surface area contributed by atoms with Crippen molar-refractivity contribution in [1.82, 2.24) is 10.6 Å². The van der Waals surface area contributed by atoms with Gasteiger partial charge >= 0.3 is 0 Å². The smallest absolute Gasteiger partial charge is 0.191 e. The van der Waals surface area contributed by atoms with Gasteiger partial charge in [0.15, 0.2) is 5.96 Å². The number of benzene rings is 1. The lowest BCUT2D eigenvalue weighted by molar-refractivity contribution is 0.0513. The van der Waals surface area contributed by atoms with Crippen LogP contribution in [0.15, 0.2) is 29.3 Å². The quantitative estimate of drug-likeness (QED) is 0.237. The van der Waals surface area contributed by atoms with Crippen LogP contribution in [-0.4, -0.2) is 59.1 Å². The summed E-state index contributed by atoms with van der Waals surface area (Å²) in [5, 5.41) is 7.12. The largest absolute Gasteiger partial charge is 0.494 e. The Morgan fingerprint density at radius 3 is 2.34 bits per heavy atom. The highest BCUT2D eigenvalue weighted by Gasteiger charge is 2.37. The van der Waals surface area contributed by atoms with E-state index in [0.717, 1.165) is 70.4 Å². The molecule has 1 aliphatic heterocycles. The monoisotopic (exact) mass is 559 g/mol. The average molecular weight is 560 g/mol. The summed E-state index contributed by atoms with van der Waals surface area (Å²) in [7, 11) is 1.79. The molecule has 2 N–H and O–H groups in total. The first-order valence-electron chi connectivity index (χ1n) is 12.0. The van der Waals surface area contributed by atoms with Gasteiger partial charge in [0.2, 0.25) is 0 Å². The SMILES string of the molecule is CCNC(=NCC1(CCOC)CCC1)NCC1(c2ccc(OCC)cc2)CCOCC1.I. The Kier molecular flexibility index (Phi) is 11.6. The van der Waals surface area contributed by atoms with Crippen LogP contribution in [0.2, 0.25) is 0 Å². The Morgan fingerprint density at radius 1 is 1.06 bits per heavy atom. The molecular formula is C25H42IN3O3. The van der Waals surface area contributed by atoms with Gasteiger partial charge in [-0.2, -0.15) is 0 Å². The van der Waals surface area contributed by atoms with E-state index in [1.807, 2.05) is 6.92 Å². The van der Waals surface area contributed by atoms with Crippen LogP contribution in [0.5, 0.6) is 5.75 Å². The minimum absolute atomic E-state index is 0. The van der Waals surface area contributed by atoms with Crippen molar-refractivity contribution in [2.24, 2.45) is 10.4 Å². The molecule has 3 rings (SSSR count). The van der Waals surface area contributed by atoms with E-state index in [9.17, 15) is 0 Å². The first kappa shape index (κ1) is 27.2. The van der Waals surface area contributed by atoms with Crippen molar-refractivity contribution in [2.45, 2.75) is 57.8 Å². The molecule has 1 aliphatic carbocycles. The fourth-order valence-electron chi connectivity index (χ4n) is 4.72. The first-order valence-corrected chi connectivity index (χ1v) is 12.0. The lowest BCUT2D eigenvalue weighted by Crippen LogP contribution is -2.48. The third kappa shape index (κ3) is 7.22. The maximum atomic E-state index is 5.70. The van der Waals surface area contributed by atoms with E-state index in [1.54, 1.807) is 7.11 Å². The lowest BCUT2D eigenvalue weighted by Gasteiger charge is -2.41. The van der Waals surface area contributed by atoms with Crippen LogP contribution in [0.4, 0.5) is 0 Å². The van der Waals surface area contributed by atoms with E-state index in [0.29, 0.717) is 12.0 Å². The van der Waals surface area contributed by atoms with Gasteiger partial charge in [-0.05, 0) is 69.1 Å². The molecule has 1 saturated heterocycles. The zero-order valence-corrected chi connectivity index (χ0v) is 22.4. The van der Waals surface area contributed by atoms with Crippen LogP contribution in [0.1, 0.15) is 57.9 Å². The zero-order chi connectivity index (χ0) is 22.0. The molecule has 32 heavy (non-hydrogen) atoms. The van der Waals surface area contributed by atoms with E-state index in [4.69, 9.17) is 19.2 Å². The van der Waals surface area contributed by atoms with Crippen LogP contribution in [-0.2, 0) is 14.9 Å². The predicted octanol–water partition coefficient (Wildman–Crippen LogP) is 4.51. The summed E-state index contributed by atoms with van der Waals surface area (Å²) < 4.78 is 16.7. The molecule has 0 radical (unpaired) electrons. The van der Waals surface area contributed by atoms with Crippen molar-refractivity contribution < 1.29 is 14.2 Å². The fourth-order valence-corrected chi connectivity index (χ4v) is 4.72. The second-order valence-corrected chi connectivity index (χ2v) is 9.00. The highest BCUT2D eigenvalue weighted by atomic mass is 127. The first-order chi connectivity index (χ1) is 15.2. The van der Waals surface area contributed by atoms with Crippen LogP contribution in [0.3, 0.4) is 0 Å². The maximum Gasteiger partial charge on any atom is 0.191 e. The average Bonchev–Trinajstić information content (AvgIpc) is 2.78. The molecule has 0 bridgehead atoms. The van der Waals surface area contributed by atoms with Crippen molar-refractivity contribution in [3.05, 3.63) is 29.8 Å². The standard InChI is InChI=1S/C25H41N3O3.HI/c1-4-26-23(27-19-24(11-6-12-24)13-16-29-3)28-20-25(14-17-30-18-15-25)21-7-9-22(10-8-21)31-5-2;/h7-10H,4-6,11-20H2,1-3H3,(H2,26,27,28);1H. The lowest BCUT2D eigenvalue weighted by atomic mass is 9.67. The highest BCUT2D eigenvalue weighted by molar-refractivity contribution is 14.0. The molecule has 7 heteroatoms. The van der Waals surface area contributed by atoms with E-state index >= 15 is 0 Å². The molecule has 2 fully saturated rings. The third-order valence-corrected chi connectivity index (χ3v) is 6.99. The van der Waals surface area contributed by atoms with Gasteiger partial charge in [0.1, 0.15) is 5.75 Å². The molecule has 6 nitrogen and oxygen atoms in total. The minimum atomic E-state index is 0. The molecule has 1 saturated carbocycles. The van der Waals surface area contributed by atoms with Gasteiger partial charge in [-0.1, -0.05) is 18.6 Å². The summed E-state index contributed by atoms with van der Waals surface area (Å²) in [6, 6.07) is 8.61. The number of hydrogen-bond donors (Lipinski definition) is 2. The number of methoxy groups -OCH3 is 1. The maximum absolute atomic E-state index is 5.70. The molecule has 0 amide bonds. The molecule has 0 aromatic heterocycles. The van der Waals surface area contributed by atoms with Crippen LogP contribution < -0.4 is 15.4 Å². The zero-order valence-electron chi connectivity index (χ0n) is 20.1. The second kappa shape index (κ2) is 13.6. The number of nitrogens with zero attached hydrogens (tertiary/aromatic N) is 1. The van der Waals surface area contributed by atoms with Gasteiger partial charge < -0.3 is 24.8 Å². The number of hydrogen-bond acceptors (Lipinski definition) is 4. The number of ether oxygens (including phenoxy) is 3. The summed E-state index contributed by atoms with van der Waals surface area (Å²) in [5.41, 5.74) is 1.71. The molecular weight excluding hydrogens is 517 g/mol. The van der Waals surface area contributed by atoms with Crippen molar-refractivity contribution in [3.63, 3.8) is 0 Å². The fraction of sp³-hybridized carbons (Fsp3) is 0.720. The Balaban J connectivity index is 0.00000363. The van der Waals surface area contributed by atoms with E-state index < -0.39 is 0 Å². The van der Waals surface area contributed by atoms with Crippen LogP contribution >= 0.6 is 24.0 Å². The normalized spacial score (nSPS) is 19.4. The number of halogens is 1.